The Hall–Kier alpha value is -2.54. The molecule has 0 radical (unpaired) electrons. The first-order valence-electron chi connectivity index (χ1n) is 13.9. The van der Waals surface area contributed by atoms with Crippen LogP contribution in [-0.2, 0) is 22.4 Å². The molecule has 2 aromatic heterocycles. The minimum atomic E-state index is -0.854. The summed E-state index contributed by atoms with van der Waals surface area (Å²) in [5, 5.41) is 3.39. The van der Waals surface area contributed by atoms with Crippen LogP contribution in [0.25, 0.3) is 0 Å². The van der Waals surface area contributed by atoms with Crippen LogP contribution >= 0.6 is 0 Å². The molecule has 2 aliphatic heterocycles. The van der Waals surface area contributed by atoms with Crippen LogP contribution in [0.3, 0.4) is 0 Å². The number of nitrogens with zero attached hydrogens (tertiary/aromatic N) is 3. The van der Waals surface area contributed by atoms with Crippen molar-refractivity contribution in [3.05, 3.63) is 53.0 Å². The lowest BCUT2D eigenvalue weighted by atomic mass is 9.97. The third-order valence-electron chi connectivity index (χ3n) is 7.89. The maximum Gasteiger partial charge on any atom is 0.328 e. The van der Waals surface area contributed by atoms with Gasteiger partial charge in [0.15, 0.2) is 0 Å². The number of hydrogen-bond donors (Lipinski definition) is 1. The van der Waals surface area contributed by atoms with Gasteiger partial charge in [-0.2, -0.15) is 0 Å². The second-order valence-corrected chi connectivity index (χ2v) is 10.6. The number of halogens is 1. The van der Waals surface area contributed by atoms with Gasteiger partial charge in [-0.3, -0.25) is 9.88 Å². The molecule has 1 saturated carbocycles. The highest BCUT2D eigenvalue weighted by Gasteiger charge is 2.40. The summed E-state index contributed by atoms with van der Waals surface area (Å²) in [5.41, 5.74) is 4.35. The Kier molecular flexibility index (Phi) is 8.15. The number of pyridine rings is 2. The maximum atomic E-state index is 15.3. The van der Waals surface area contributed by atoms with Crippen molar-refractivity contribution in [2.24, 2.45) is 5.92 Å². The number of aromatic nitrogens is 2. The fraction of sp³-hybridized carbons (Fsp3) is 0.621. The molecule has 1 N–H and O–H groups in total. The first kappa shape index (κ1) is 25.1. The molecule has 5 rings (SSSR count). The monoisotopic (exact) mass is 494 g/mol. The summed E-state index contributed by atoms with van der Waals surface area (Å²) < 4.78 is 20.7. The van der Waals surface area contributed by atoms with Gasteiger partial charge in [0.2, 0.25) is 0 Å². The van der Waals surface area contributed by atoms with Crippen LogP contribution in [0.1, 0.15) is 86.3 Å². The summed E-state index contributed by atoms with van der Waals surface area (Å²) in [7, 11) is 0. The Bertz CT molecular complexity index is 1040. The van der Waals surface area contributed by atoms with E-state index in [0.717, 1.165) is 80.7 Å². The van der Waals surface area contributed by atoms with Gasteiger partial charge in [0, 0.05) is 48.1 Å². The van der Waals surface area contributed by atoms with Crippen molar-refractivity contribution < 1.29 is 13.9 Å². The summed E-state index contributed by atoms with van der Waals surface area (Å²) in [6.07, 6.45) is 9.44. The lowest BCUT2D eigenvalue weighted by molar-refractivity contribution is -0.149. The largest absolute Gasteiger partial charge is 0.465 e. The number of anilines is 1. The highest BCUT2D eigenvalue weighted by atomic mass is 19.1. The number of rotatable bonds is 11. The number of alkyl halides is 1. The van der Waals surface area contributed by atoms with E-state index in [-0.39, 0.29) is 11.9 Å². The standard InChI is InChI=1S/C29H39FN4O2/c1-2-36-29(35)27(24-9-6-16-31-26(24)20-11-12-20)34-18-15-22(19-34)25(30)10-4-3-8-23-14-13-21-7-5-17-32-28(21)33-23/h6,9,13-14,16,20,22,25,27H,2-5,7-8,10-12,15,17-19H2,1H3,(H,32,33). The number of carbonyl (C=O) groups is 1. The molecule has 36 heavy (non-hydrogen) atoms. The van der Waals surface area contributed by atoms with Crippen molar-refractivity contribution in [1.29, 1.82) is 0 Å². The SMILES string of the molecule is CCOC(=O)C(c1cccnc1C1CC1)N1CCC(C(F)CCCCc2ccc3c(n2)NCCC3)C1. The van der Waals surface area contributed by atoms with Crippen LogP contribution < -0.4 is 5.32 Å². The first-order chi connectivity index (χ1) is 17.6. The number of carbonyl (C=O) groups excluding carboxylic acids is 1. The number of ether oxygens (including phenoxy) is 1. The highest BCUT2D eigenvalue weighted by molar-refractivity contribution is 5.78. The van der Waals surface area contributed by atoms with E-state index in [1.165, 1.54) is 5.56 Å². The second-order valence-electron chi connectivity index (χ2n) is 10.6. The molecule has 3 aliphatic rings. The molecule has 1 aliphatic carbocycles. The lowest BCUT2D eigenvalue weighted by Crippen LogP contribution is -2.35. The Morgan fingerprint density at radius 2 is 2.14 bits per heavy atom. The minimum absolute atomic E-state index is 0.0472. The van der Waals surface area contributed by atoms with Gasteiger partial charge in [-0.15, -0.1) is 0 Å². The van der Waals surface area contributed by atoms with Crippen molar-refractivity contribution in [2.75, 3.05) is 31.6 Å². The summed E-state index contributed by atoms with van der Waals surface area (Å²) in [5.74, 6) is 1.18. The predicted molar refractivity (Wildman–Crippen MR) is 139 cm³/mol. The molecule has 7 heteroatoms. The van der Waals surface area contributed by atoms with Gasteiger partial charge in [0.25, 0.3) is 0 Å². The molecule has 4 heterocycles. The maximum absolute atomic E-state index is 15.3. The van der Waals surface area contributed by atoms with Crippen molar-refractivity contribution in [3.63, 3.8) is 0 Å². The van der Waals surface area contributed by atoms with Crippen LogP contribution in [0.4, 0.5) is 10.2 Å². The molecule has 0 aromatic carbocycles. The van der Waals surface area contributed by atoms with Crippen LogP contribution in [0.2, 0.25) is 0 Å². The number of unbranched alkanes of at least 4 members (excludes halogenated alkanes) is 1. The van der Waals surface area contributed by atoms with E-state index >= 15 is 4.39 Å². The van der Waals surface area contributed by atoms with E-state index in [1.54, 1.807) is 6.20 Å². The third-order valence-corrected chi connectivity index (χ3v) is 7.89. The smallest absolute Gasteiger partial charge is 0.328 e. The molecule has 3 unspecified atom stereocenters. The zero-order valence-electron chi connectivity index (χ0n) is 21.4. The van der Waals surface area contributed by atoms with E-state index in [4.69, 9.17) is 9.72 Å². The fourth-order valence-corrected chi connectivity index (χ4v) is 5.79. The van der Waals surface area contributed by atoms with E-state index in [2.05, 4.69) is 27.3 Å². The number of likely N-dealkylation sites (tertiary alicyclic amines) is 1. The third kappa shape index (κ3) is 5.88. The summed E-state index contributed by atoms with van der Waals surface area (Å²) in [6.45, 7) is 4.46. The van der Waals surface area contributed by atoms with Gasteiger partial charge in [-0.05, 0) is 82.5 Å². The van der Waals surface area contributed by atoms with E-state index < -0.39 is 12.2 Å². The zero-order chi connectivity index (χ0) is 24.9. The van der Waals surface area contributed by atoms with Crippen molar-refractivity contribution >= 4 is 11.8 Å². The average Bonchev–Trinajstić information content (AvgIpc) is 3.64. The predicted octanol–water partition coefficient (Wildman–Crippen LogP) is 5.39. The zero-order valence-corrected chi connectivity index (χ0v) is 21.4. The molecular formula is C29H39FN4O2. The summed E-state index contributed by atoms with van der Waals surface area (Å²) in [4.78, 5) is 24.5. The van der Waals surface area contributed by atoms with E-state index in [9.17, 15) is 4.79 Å². The number of aryl methyl sites for hydroxylation is 2. The van der Waals surface area contributed by atoms with Crippen molar-refractivity contribution in [2.45, 2.75) is 82.8 Å². The lowest BCUT2D eigenvalue weighted by Gasteiger charge is -2.28. The molecule has 3 atom stereocenters. The summed E-state index contributed by atoms with van der Waals surface area (Å²) in [6, 6.07) is 7.72. The van der Waals surface area contributed by atoms with Gasteiger partial charge < -0.3 is 10.1 Å². The van der Waals surface area contributed by atoms with Gasteiger partial charge in [-0.25, -0.2) is 14.2 Å². The number of fused-ring (bicyclic) bond motifs is 1. The molecule has 0 bridgehead atoms. The number of esters is 1. The normalized spacial score (nSPS) is 21.4. The summed E-state index contributed by atoms with van der Waals surface area (Å²) >= 11 is 0. The first-order valence-corrected chi connectivity index (χ1v) is 13.9. The van der Waals surface area contributed by atoms with Crippen molar-refractivity contribution in [1.82, 2.24) is 14.9 Å². The van der Waals surface area contributed by atoms with E-state index in [1.807, 2.05) is 19.1 Å². The Morgan fingerprint density at radius 1 is 1.25 bits per heavy atom. The van der Waals surface area contributed by atoms with Gasteiger partial charge >= 0.3 is 5.97 Å². The van der Waals surface area contributed by atoms with Crippen LogP contribution in [0.5, 0.6) is 0 Å². The fourth-order valence-electron chi connectivity index (χ4n) is 5.79. The average molecular weight is 495 g/mol. The van der Waals surface area contributed by atoms with Crippen LogP contribution in [0.15, 0.2) is 30.5 Å². The molecule has 0 spiro atoms. The molecule has 2 fully saturated rings. The van der Waals surface area contributed by atoms with Gasteiger partial charge in [0.1, 0.15) is 18.0 Å². The number of nitrogens with one attached hydrogen (secondary N) is 1. The Labute approximate surface area is 214 Å². The Balaban J connectivity index is 1.15. The van der Waals surface area contributed by atoms with E-state index in [0.29, 0.717) is 32.0 Å². The molecule has 0 amide bonds. The molecule has 194 valence electrons. The van der Waals surface area contributed by atoms with Crippen LogP contribution in [-0.4, -0.2) is 53.2 Å². The molecular weight excluding hydrogens is 455 g/mol. The topological polar surface area (TPSA) is 67.3 Å². The van der Waals surface area contributed by atoms with Crippen LogP contribution in [0, 0.1) is 5.92 Å². The quantitative estimate of drug-likeness (QED) is 0.334. The molecule has 1 saturated heterocycles. The molecule has 6 nitrogen and oxygen atoms in total. The second kappa shape index (κ2) is 11.7. The highest BCUT2D eigenvalue weighted by Crippen LogP contribution is 2.43. The Morgan fingerprint density at radius 3 is 2.97 bits per heavy atom. The van der Waals surface area contributed by atoms with Crippen molar-refractivity contribution in [3.8, 4) is 0 Å². The van der Waals surface area contributed by atoms with Gasteiger partial charge in [-0.1, -0.05) is 18.6 Å². The van der Waals surface area contributed by atoms with Gasteiger partial charge in [0.05, 0.1) is 6.61 Å². The number of hydrogen-bond acceptors (Lipinski definition) is 6. The molecule has 2 aromatic rings. The minimum Gasteiger partial charge on any atom is -0.465 e.